The molecular weight excluding hydrogens is 362 g/mol. The van der Waals surface area contributed by atoms with Gasteiger partial charge in [0.15, 0.2) is 0 Å². The number of nitrogens with one attached hydrogen (secondary N) is 2. The summed E-state index contributed by atoms with van der Waals surface area (Å²) in [5.74, 6) is -0.534. The topological polar surface area (TPSA) is 71.1 Å². The Morgan fingerprint density at radius 1 is 0.931 bits per heavy atom. The smallest absolute Gasteiger partial charge is 0.269 e. The van der Waals surface area contributed by atoms with E-state index in [0.29, 0.717) is 12.1 Å². The average Bonchev–Trinajstić information content (AvgIpc) is 2.77. The van der Waals surface area contributed by atoms with Crippen LogP contribution < -0.4 is 10.6 Å². The minimum atomic E-state index is -0.276. The third-order valence-electron chi connectivity index (χ3n) is 4.67. The summed E-state index contributed by atoms with van der Waals surface area (Å²) in [4.78, 5) is 29.1. The quantitative estimate of drug-likeness (QED) is 0.568. The van der Waals surface area contributed by atoms with Gasteiger partial charge < -0.3 is 10.6 Å². The number of rotatable bonds is 8. The van der Waals surface area contributed by atoms with Crippen molar-refractivity contribution in [2.45, 2.75) is 26.2 Å². The second-order valence-electron chi connectivity index (χ2n) is 6.74. The molecule has 0 unspecified atom stereocenters. The van der Waals surface area contributed by atoms with Crippen LogP contribution in [0.5, 0.6) is 0 Å². The molecule has 5 nitrogen and oxygen atoms in total. The summed E-state index contributed by atoms with van der Waals surface area (Å²) >= 11 is 0. The van der Waals surface area contributed by atoms with Crippen LogP contribution in [0.3, 0.4) is 0 Å². The normalized spacial score (nSPS) is 10.4. The molecule has 1 aromatic heterocycles. The van der Waals surface area contributed by atoms with Crippen molar-refractivity contribution in [3.8, 4) is 0 Å². The Labute approximate surface area is 171 Å². The van der Waals surface area contributed by atoms with E-state index in [9.17, 15) is 9.59 Å². The van der Waals surface area contributed by atoms with E-state index >= 15 is 0 Å². The third-order valence-corrected chi connectivity index (χ3v) is 4.67. The van der Waals surface area contributed by atoms with Gasteiger partial charge in [0.2, 0.25) is 0 Å². The zero-order valence-corrected chi connectivity index (χ0v) is 16.5. The van der Waals surface area contributed by atoms with Crippen LogP contribution in [0.15, 0.2) is 72.9 Å². The number of para-hydroxylation sites is 1. The Kier molecular flexibility index (Phi) is 7.11. The average molecular weight is 387 g/mol. The highest BCUT2D eigenvalue weighted by molar-refractivity contribution is 6.06. The molecule has 0 saturated carbocycles. The Morgan fingerprint density at radius 2 is 1.69 bits per heavy atom. The van der Waals surface area contributed by atoms with Crippen molar-refractivity contribution in [3.05, 3.63) is 95.3 Å². The van der Waals surface area contributed by atoms with E-state index in [1.165, 1.54) is 17.8 Å². The van der Waals surface area contributed by atoms with E-state index in [2.05, 4.69) is 27.8 Å². The van der Waals surface area contributed by atoms with Crippen LogP contribution in [-0.2, 0) is 12.8 Å². The third kappa shape index (κ3) is 5.75. The van der Waals surface area contributed by atoms with Gasteiger partial charge in [-0.05, 0) is 48.6 Å². The second kappa shape index (κ2) is 10.2. The zero-order valence-electron chi connectivity index (χ0n) is 16.5. The number of hydrogen-bond donors (Lipinski definition) is 2. The number of pyridine rings is 1. The maximum Gasteiger partial charge on any atom is 0.269 e. The minimum absolute atomic E-state index is 0.237. The molecule has 3 aromatic rings. The molecule has 0 aliphatic carbocycles. The maximum atomic E-state index is 12.6. The van der Waals surface area contributed by atoms with Crippen LogP contribution >= 0.6 is 0 Å². The predicted octanol–water partition coefficient (Wildman–Crippen LogP) is 4.26. The molecule has 0 fully saturated rings. The highest BCUT2D eigenvalue weighted by atomic mass is 16.2. The van der Waals surface area contributed by atoms with Gasteiger partial charge in [0.1, 0.15) is 5.69 Å². The van der Waals surface area contributed by atoms with Crippen molar-refractivity contribution in [1.82, 2.24) is 10.3 Å². The van der Waals surface area contributed by atoms with Gasteiger partial charge in [-0.2, -0.15) is 0 Å². The molecule has 0 radical (unpaired) electrons. The number of aryl methyl sites for hydroxylation is 2. The summed E-state index contributed by atoms with van der Waals surface area (Å²) in [5, 5.41) is 5.79. The predicted molar refractivity (Wildman–Crippen MR) is 115 cm³/mol. The molecule has 0 aliphatic rings. The molecule has 1 heterocycles. The number of anilines is 1. The van der Waals surface area contributed by atoms with E-state index in [-0.39, 0.29) is 17.5 Å². The van der Waals surface area contributed by atoms with E-state index in [0.717, 1.165) is 30.5 Å². The van der Waals surface area contributed by atoms with Gasteiger partial charge >= 0.3 is 0 Å². The van der Waals surface area contributed by atoms with Crippen LogP contribution in [-0.4, -0.2) is 23.3 Å². The lowest BCUT2D eigenvalue weighted by molar-refractivity contribution is 0.0948. The highest BCUT2D eigenvalue weighted by Gasteiger charge is 2.13. The minimum Gasteiger partial charge on any atom is -0.351 e. The zero-order chi connectivity index (χ0) is 20.5. The lowest BCUT2D eigenvalue weighted by Gasteiger charge is -2.10. The lowest BCUT2D eigenvalue weighted by atomic mass is 10.1. The summed E-state index contributed by atoms with van der Waals surface area (Å²) < 4.78 is 0. The summed E-state index contributed by atoms with van der Waals surface area (Å²) in [6.07, 6.45) is 4.04. The van der Waals surface area contributed by atoms with Crippen molar-refractivity contribution in [2.24, 2.45) is 0 Å². The number of carbonyl (C=O) groups is 2. The van der Waals surface area contributed by atoms with Gasteiger partial charge in [0.05, 0.1) is 0 Å². The molecule has 0 bridgehead atoms. The molecular formula is C24H25N3O2. The standard InChI is InChI=1S/C24H25N3O2/c1-2-19-12-6-7-13-21(19)27-23(28)20-14-16-25-22(17-20)24(29)26-15-8-11-18-9-4-3-5-10-18/h3-7,9-10,12-14,16-17H,2,8,11,15H2,1H3,(H,26,29)(H,27,28). The summed E-state index contributed by atoms with van der Waals surface area (Å²) in [7, 11) is 0. The number of hydrogen-bond acceptors (Lipinski definition) is 3. The Morgan fingerprint density at radius 3 is 2.48 bits per heavy atom. The molecule has 2 N–H and O–H groups in total. The first-order valence-electron chi connectivity index (χ1n) is 9.85. The molecule has 0 spiro atoms. The van der Waals surface area contributed by atoms with Crippen molar-refractivity contribution in [2.75, 3.05) is 11.9 Å². The number of carbonyl (C=O) groups excluding carboxylic acids is 2. The fraction of sp³-hybridized carbons (Fsp3) is 0.208. The van der Waals surface area contributed by atoms with Crippen molar-refractivity contribution < 1.29 is 9.59 Å². The molecule has 3 rings (SSSR count). The van der Waals surface area contributed by atoms with E-state index in [4.69, 9.17) is 0 Å². The van der Waals surface area contributed by atoms with E-state index < -0.39 is 0 Å². The van der Waals surface area contributed by atoms with Crippen molar-refractivity contribution >= 4 is 17.5 Å². The molecule has 0 atom stereocenters. The van der Waals surface area contributed by atoms with Gasteiger partial charge in [-0.15, -0.1) is 0 Å². The summed E-state index contributed by atoms with van der Waals surface area (Å²) in [6.45, 7) is 2.59. The molecule has 2 amide bonds. The summed E-state index contributed by atoms with van der Waals surface area (Å²) in [6, 6.07) is 21.0. The number of amides is 2. The Balaban J connectivity index is 1.56. The summed E-state index contributed by atoms with van der Waals surface area (Å²) in [5.41, 5.74) is 3.72. The molecule has 2 aromatic carbocycles. The highest BCUT2D eigenvalue weighted by Crippen LogP contribution is 2.16. The van der Waals surface area contributed by atoms with Gasteiger partial charge in [-0.25, -0.2) is 0 Å². The van der Waals surface area contributed by atoms with E-state index in [1.807, 2.05) is 49.4 Å². The molecule has 0 aliphatic heterocycles. The van der Waals surface area contributed by atoms with Gasteiger partial charge in [0, 0.05) is 24.0 Å². The largest absolute Gasteiger partial charge is 0.351 e. The molecule has 0 saturated heterocycles. The fourth-order valence-corrected chi connectivity index (χ4v) is 3.07. The van der Waals surface area contributed by atoms with Gasteiger partial charge in [-0.3, -0.25) is 14.6 Å². The van der Waals surface area contributed by atoms with Crippen LogP contribution in [0, 0.1) is 0 Å². The monoisotopic (exact) mass is 387 g/mol. The first-order valence-corrected chi connectivity index (χ1v) is 9.85. The van der Waals surface area contributed by atoms with Crippen LogP contribution in [0.2, 0.25) is 0 Å². The molecule has 29 heavy (non-hydrogen) atoms. The van der Waals surface area contributed by atoms with Crippen LogP contribution in [0.4, 0.5) is 5.69 Å². The van der Waals surface area contributed by atoms with Crippen molar-refractivity contribution in [3.63, 3.8) is 0 Å². The van der Waals surface area contributed by atoms with Gasteiger partial charge in [0.25, 0.3) is 11.8 Å². The lowest BCUT2D eigenvalue weighted by Crippen LogP contribution is -2.26. The number of benzene rings is 2. The van der Waals surface area contributed by atoms with Crippen LogP contribution in [0.1, 0.15) is 45.3 Å². The SMILES string of the molecule is CCc1ccccc1NC(=O)c1ccnc(C(=O)NCCCc2ccccc2)c1. The Hall–Kier alpha value is -3.47. The van der Waals surface area contributed by atoms with Gasteiger partial charge in [-0.1, -0.05) is 55.5 Å². The van der Waals surface area contributed by atoms with E-state index in [1.54, 1.807) is 6.07 Å². The fourth-order valence-electron chi connectivity index (χ4n) is 3.07. The molecule has 148 valence electrons. The Bertz CT molecular complexity index is 971. The maximum absolute atomic E-state index is 12.6. The number of nitrogens with zero attached hydrogens (tertiary/aromatic N) is 1. The second-order valence-corrected chi connectivity index (χ2v) is 6.74. The van der Waals surface area contributed by atoms with Crippen LogP contribution in [0.25, 0.3) is 0 Å². The first-order chi connectivity index (χ1) is 14.2. The molecule has 5 heteroatoms. The van der Waals surface area contributed by atoms with Crippen molar-refractivity contribution in [1.29, 1.82) is 0 Å². The number of aromatic nitrogens is 1. The first kappa shape index (κ1) is 20.3.